The topological polar surface area (TPSA) is 131 Å². The van der Waals surface area contributed by atoms with E-state index in [0.29, 0.717) is 37.2 Å². The molecule has 9 nitrogen and oxygen atoms in total. The lowest BCUT2D eigenvalue weighted by Gasteiger charge is -2.22. The molecule has 0 aliphatic carbocycles. The van der Waals surface area contributed by atoms with Crippen molar-refractivity contribution in [3.8, 4) is 5.75 Å². The van der Waals surface area contributed by atoms with Gasteiger partial charge in [-0.05, 0) is 57.4 Å². The Morgan fingerprint density at radius 3 is 1.93 bits per heavy atom. The number of carbonyl (C=O) groups excluding carboxylic acids is 4. The van der Waals surface area contributed by atoms with Gasteiger partial charge < -0.3 is 24.7 Å². The highest BCUT2D eigenvalue weighted by atomic mass is 16.6. The highest BCUT2D eigenvalue weighted by Gasteiger charge is 2.22. The molecule has 0 heterocycles. The van der Waals surface area contributed by atoms with Crippen molar-refractivity contribution in [2.24, 2.45) is 11.7 Å². The molecule has 1 amide bonds. The summed E-state index contributed by atoms with van der Waals surface area (Å²) in [5, 5.41) is 0. The van der Waals surface area contributed by atoms with Gasteiger partial charge in [-0.1, -0.05) is 87.5 Å². The second-order valence-electron chi connectivity index (χ2n) is 11.2. The van der Waals surface area contributed by atoms with E-state index in [1.165, 1.54) is 6.92 Å². The monoisotopic (exact) mass is 635 g/mol. The maximum absolute atomic E-state index is 12.3. The highest BCUT2D eigenvalue weighted by molar-refractivity contribution is 6.08. The van der Waals surface area contributed by atoms with Crippen LogP contribution in [-0.2, 0) is 32.0 Å². The Morgan fingerprint density at radius 1 is 0.783 bits per heavy atom. The Morgan fingerprint density at radius 2 is 1.37 bits per heavy atom. The number of ether oxygens (including phenoxy) is 4. The zero-order valence-corrected chi connectivity index (χ0v) is 28.2. The zero-order valence-electron chi connectivity index (χ0n) is 28.2. The van der Waals surface area contributed by atoms with Crippen molar-refractivity contribution in [3.63, 3.8) is 0 Å². The number of hydrogen-bond acceptors (Lipinski definition) is 8. The fraction of sp³-hybridized carbons (Fsp3) is 0.405. The van der Waals surface area contributed by atoms with Crippen LogP contribution in [0.25, 0.3) is 0 Å². The number of primary amides is 1. The molecule has 3 rings (SSSR count). The molecule has 0 aliphatic rings. The molecule has 0 aromatic heterocycles. The van der Waals surface area contributed by atoms with Gasteiger partial charge in [0.25, 0.3) is 0 Å². The molecule has 2 N–H and O–H groups in total. The lowest BCUT2D eigenvalue weighted by Crippen LogP contribution is -2.28. The molecular weight excluding hydrogens is 586 g/mol. The molecule has 0 unspecified atom stereocenters. The van der Waals surface area contributed by atoms with Crippen LogP contribution in [-0.4, -0.2) is 49.1 Å². The molecule has 46 heavy (non-hydrogen) atoms. The van der Waals surface area contributed by atoms with Crippen molar-refractivity contribution in [1.82, 2.24) is 0 Å². The third-order valence-electron chi connectivity index (χ3n) is 6.04. The summed E-state index contributed by atoms with van der Waals surface area (Å²) in [5.74, 6) is -0.0462. The molecule has 0 bridgehead atoms. The van der Waals surface area contributed by atoms with Crippen molar-refractivity contribution in [2.75, 3.05) is 19.8 Å². The van der Waals surface area contributed by atoms with E-state index < -0.39 is 11.7 Å². The summed E-state index contributed by atoms with van der Waals surface area (Å²) in [6.07, 6.45) is 0.483. The molecule has 0 spiro atoms. The number of amides is 1. The van der Waals surface area contributed by atoms with Crippen molar-refractivity contribution in [2.45, 2.75) is 73.5 Å². The van der Waals surface area contributed by atoms with Gasteiger partial charge in [0, 0.05) is 17.5 Å². The molecule has 3 aromatic carbocycles. The van der Waals surface area contributed by atoms with Crippen LogP contribution in [0, 0.1) is 5.92 Å². The second-order valence-corrected chi connectivity index (χ2v) is 11.2. The summed E-state index contributed by atoms with van der Waals surface area (Å²) in [6.45, 7) is 13.9. The third-order valence-corrected chi connectivity index (χ3v) is 6.04. The Balaban J connectivity index is 0.000000679. The maximum atomic E-state index is 12.3. The predicted molar refractivity (Wildman–Crippen MR) is 179 cm³/mol. The minimum Gasteiger partial charge on any atom is -0.494 e. The largest absolute Gasteiger partial charge is 0.494 e. The van der Waals surface area contributed by atoms with Gasteiger partial charge in [-0.25, -0.2) is 4.79 Å². The average molecular weight is 636 g/mol. The summed E-state index contributed by atoms with van der Waals surface area (Å²) in [4.78, 5) is 46.3. The molecule has 9 heteroatoms. The predicted octanol–water partition coefficient (Wildman–Crippen LogP) is 7.39. The van der Waals surface area contributed by atoms with E-state index in [4.69, 9.17) is 19.9 Å². The number of ketones is 2. The van der Waals surface area contributed by atoms with Gasteiger partial charge in [0.2, 0.25) is 0 Å². The molecular formula is C37H49NO8. The molecule has 1 atom stereocenters. The first kappa shape index (κ1) is 39.5. The average Bonchev–Trinajstić information content (AvgIpc) is 3.03. The first-order chi connectivity index (χ1) is 21.9. The van der Waals surface area contributed by atoms with Crippen molar-refractivity contribution in [1.29, 1.82) is 0 Å². The minimum atomic E-state index is -0.742. The third kappa shape index (κ3) is 16.5. The van der Waals surface area contributed by atoms with E-state index in [1.807, 2.05) is 96.1 Å². The standard InChI is InChI=1S/C27H34O6.C8H9NO2.C2H6/c1-19(26(30)33-27(3,4)5)17-21-11-13-22(14-12-21)32-16-8-15-31-18-25(29)24-10-7-6-9-23(24)20(2)28;9-8(10)11-6-7-4-2-1-3-5-7;1-2/h6-7,9-14,19H,8,15-18H2,1-5H3;1-5H,6H2,(H2,9,10);1-2H3/t19-;;/m0../s1. The summed E-state index contributed by atoms with van der Waals surface area (Å²) < 4.78 is 21.2. The van der Waals surface area contributed by atoms with E-state index in [9.17, 15) is 19.2 Å². The van der Waals surface area contributed by atoms with E-state index in [2.05, 4.69) is 4.74 Å². The Kier molecular flexibility index (Phi) is 18.3. The SMILES string of the molecule is CC.CC(=O)c1ccccc1C(=O)COCCCOc1ccc(C[C@H](C)C(=O)OC(C)(C)C)cc1.NC(=O)OCc1ccccc1. The normalized spacial score (nSPS) is 11.0. The quantitative estimate of drug-likeness (QED) is 0.110. The van der Waals surface area contributed by atoms with Gasteiger partial charge in [-0.2, -0.15) is 0 Å². The summed E-state index contributed by atoms with van der Waals surface area (Å²) >= 11 is 0. The smallest absolute Gasteiger partial charge is 0.404 e. The number of nitrogens with two attached hydrogens (primary N) is 1. The van der Waals surface area contributed by atoms with E-state index in [0.717, 1.165) is 16.9 Å². The molecule has 0 saturated heterocycles. The maximum Gasteiger partial charge on any atom is 0.404 e. The van der Waals surface area contributed by atoms with Crippen LogP contribution in [0.1, 0.15) is 86.7 Å². The molecule has 0 aliphatic heterocycles. The van der Waals surface area contributed by atoms with Gasteiger partial charge in [0.15, 0.2) is 11.6 Å². The van der Waals surface area contributed by atoms with Gasteiger partial charge in [-0.3, -0.25) is 14.4 Å². The van der Waals surface area contributed by atoms with E-state index in [-0.39, 0.29) is 36.7 Å². The minimum absolute atomic E-state index is 0.0746. The Hall–Kier alpha value is -4.50. The van der Waals surface area contributed by atoms with Gasteiger partial charge in [0.05, 0.1) is 19.1 Å². The Labute approximate surface area is 273 Å². The number of esters is 1. The molecule has 0 radical (unpaired) electrons. The number of carbonyl (C=O) groups is 4. The van der Waals surface area contributed by atoms with Gasteiger partial charge in [-0.15, -0.1) is 0 Å². The number of Topliss-reactive ketones (excluding diaryl/α,β-unsaturated/α-hetero) is 2. The fourth-order valence-electron chi connectivity index (χ4n) is 3.92. The molecule has 250 valence electrons. The van der Waals surface area contributed by atoms with Crippen molar-refractivity contribution >= 4 is 23.6 Å². The zero-order chi connectivity index (χ0) is 34.5. The molecule has 0 saturated carbocycles. The van der Waals surface area contributed by atoms with Crippen LogP contribution in [0.15, 0.2) is 78.9 Å². The molecule has 3 aromatic rings. The van der Waals surface area contributed by atoms with Crippen molar-refractivity contribution < 1.29 is 38.1 Å². The first-order valence-corrected chi connectivity index (χ1v) is 15.5. The van der Waals surface area contributed by atoms with Crippen LogP contribution in [0.2, 0.25) is 0 Å². The van der Waals surface area contributed by atoms with Crippen LogP contribution in [0.4, 0.5) is 4.79 Å². The second kappa shape index (κ2) is 21.3. The van der Waals surface area contributed by atoms with Crippen LogP contribution >= 0.6 is 0 Å². The number of benzene rings is 3. The van der Waals surface area contributed by atoms with Crippen molar-refractivity contribution in [3.05, 3.63) is 101 Å². The van der Waals surface area contributed by atoms with Crippen LogP contribution in [0.5, 0.6) is 5.75 Å². The van der Waals surface area contributed by atoms with E-state index in [1.54, 1.807) is 24.3 Å². The Bertz CT molecular complexity index is 1350. The summed E-state index contributed by atoms with van der Waals surface area (Å²) in [6, 6.07) is 23.8. The lowest BCUT2D eigenvalue weighted by molar-refractivity contribution is -0.159. The van der Waals surface area contributed by atoms with Gasteiger partial charge in [0.1, 0.15) is 24.6 Å². The first-order valence-electron chi connectivity index (χ1n) is 15.5. The van der Waals surface area contributed by atoms with Crippen LogP contribution < -0.4 is 10.5 Å². The molecule has 0 fully saturated rings. The summed E-state index contributed by atoms with van der Waals surface area (Å²) in [7, 11) is 0. The van der Waals surface area contributed by atoms with E-state index >= 15 is 0 Å². The van der Waals surface area contributed by atoms with Crippen LogP contribution in [0.3, 0.4) is 0 Å². The van der Waals surface area contributed by atoms with Gasteiger partial charge >= 0.3 is 12.1 Å². The summed E-state index contributed by atoms with van der Waals surface area (Å²) in [5.41, 5.74) is 7.07. The lowest BCUT2D eigenvalue weighted by atomic mass is 10.0. The highest BCUT2D eigenvalue weighted by Crippen LogP contribution is 2.18. The fourth-order valence-corrected chi connectivity index (χ4v) is 3.92. The number of hydrogen-bond donors (Lipinski definition) is 1. The number of rotatable bonds is 14.